The summed E-state index contributed by atoms with van der Waals surface area (Å²) in [7, 11) is 2.58. The molecule has 0 aliphatic heterocycles. The first kappa shape index (κ1) is 10.7. The molecular weight excluding hydrogens is 160 g/mol. The number of hydrogen-bond donors (Lipinski definition) is 0. The summed E-state index contributed by atoms with van der Waals surface area (Å²) in [5, 5.41) is 0. The predicted molar refractivity (Wildman–Crippen MR) is 42.4 cm³/mol. The molecular formula is C8H12O4. The molecule has 0 N–H and O–H groups in total. The van der Waals surface area contributed by atoms with Crippen molar-refractivity contribution in [2.45, 2.75) is 13.3 Å². The fourth-order valence-electron chi connectivity index (χ4n) is 0.611. The van der Waals surface area contributed by atoms with Crippen LogP contribution in [0.3, 0.4) is 0 Å². The molecule has 4 nitrogen and oxygen atoms in total. The van der Waals surface area contributed by atoms with E-state index in [1.54, 1.807) is 6.92 Å². The maximum Gasteiger partial charge on any atom is 0.330 e. The molecule has 0 unspecified atom stereocenters. The van der Waals surface area contributed by atoms with Crippen LogP contribution in [0.5, 0.6) is 0 Å². The van der Waals surface area contributed by atoms with Gasteiger partial charge in [0.2, 0.25) is 0 Å². The van der Waals surface area contributed by atoms with E-state index in [0.717, 1.165) is 0 Å². The lowest BCUT2D eigenvalue weighted by atomic mass is 10.2. The summed E-state index contributed by atoms with van der Waals surface area (Å²) in [5.74, 6) is -0.830. The molecule has 0 aromatic carbocycles. The second kappa shape index (κ2) is 5.35. The number of methoxy groups -OCH3 is 2. The lowest BCUT2D eigenvalue weighted by Gasteiger charge is -1.98. The molecule has 0 spiro atoms. The Hall–Kier alpha value is -1.32. The molecule has 68 valence electrons. The van der Waals surface area contributed by atoms with Gasteiger partial charge in [0.15, 0.2) is 0 Å². The Bertz CT molecular complexity index is 205. The number of esters is 2. The zero-order valence-electron chi connectivity index (χ0n) is 7.42. The molecule has 0 fully saturated rings. The van der Waals surface area contributed by atoms with Gasteiger partial charge in [0, 0.05) is 6.08 Å². The highest BCUT2D eigenvalue weighted by Crippen LogP contribution is 2.00. The van der Waals surface area contributed by atoms with E-state index >= 15 is 0 Å². The van der Waals surface area contributed by atoms with Crippen LogP contribution < -0.4 is 0 Å². The minimum atomic E-state index is -0.462. The fraction of sp³-hybridized carbons (Fsp3) is 0.500. The highest BCUT2D eigenvalue weighted by molar-refractivity contribution is 5.84. The minimum Gasteiger partial charge on any atom is -0.469 e. The number of carbonyl (C=O) groups excluding carboxylic acids is 2. The van der Waals surface area contributed by atoms with Gasteiger partial charge in [0.05, 0.1) is 20.6 Å². The highest BCUT2D eigenvalue weighted by atomic mass is 16.5. The second-order valence-electron chi connectivity index (χ2n) is 2.27. The molecule has 0 rings (SSSR count). The minimum absolute atomic E-state index is 0.117. The summed E-state index contributed by atoms with van der Waals surface area (Å²) in [5.41, 5.74) is 0.619. The third kappa shape index (κ3) is 4.49. The molecule has 0 saturated carbocycles. The van der Waals surface area contributed by atoms with Gasteiger partial charge in [-0.05, 0) is 6.92 Å². The van der Waals surface area contributed by atoms with E-state index in [9.17, 15) is 9.59 Å². The largest absolute Gasteiger partial charge is 0.469 e. The van der Waals surface area contributed by atoms with Crippen molar-refractivity contribution < 1.29 is 19.1 Å². The van der Waals surface area contributed by atoms with Crippen molar-refractivity contribution in [3.8, 4) is 0 Å². The summed E-state index contributed by atoms with van der Waals surface area (Å²) >= 11 is 0. The van der Waals surface area contributed by atoms with Gasteiger partial charge in [-0.3, -0.25) is 4.79 Å². The van der Waals surface area contributed by atoms with Gasteiger partial charge in [-0.15, -0.1) is 0 Å². The molecule has 0 bridgehead atoms. The van der Waals surface area contributed by atoms with Crippen LogP contribution >= 0.6 is 0 Å². The van der Waals surface area contributed by atoms with Crippen molar-refractivity contribution in [1.82, 2.24) is 0 Å². The number of ether oxygens (including phenoxy) is 2. The molecule has 0 aromatic heterocycles. The van der Waals surface area contributed by atoms with Crippen molar-refractivity contribution in [2.75, 3.05) is 14.2 Å². The Labute approximate surface area is 71.2 Å². The lowest BCUT2D eigenvalue weighted by Crippen LogP contribution is -2.02. The van der Waals surface area contributed by atoms with Crippen molar-refractivity contribution in [3.63, 3.8) is 0 Å². The molecule has 0 saturated heterocycles. The standard InChI is InChI=1S/C8H12O4/c1-6(4-7(9)11-2)5-8(10)12-3/h4H,5H2,1-3H3/b6-4+. The van der Waals surface area contributed by atoms with E-state index in [2.05, 4.69) is 9.47 Å². The van der Waals surface area contributed by atoms with Crippen molar-refractivity contribution >= 4 is 11.9 Å². The molecule has 0 aliphatic rings. The van der Waals surface area contributed by atoms with E-state index < -0.39 is 5.97 Å². The fourth-order valence-corrected chi connectivity index (χ4v) is 0.611. The lowest BCUT2D eigenvalue weighted by molar-refractivity contribution is -0.139. The smallest absolute Gasteiger partial charge is 0.330 e. The van der Waals surface area contributed by atoms with Gasteiger partial charge in [0.1, 0.15) is 0 Å². The van der Waals surface area contributed by atoms with Crippen LogP contribution in [0, 0.1) is 0 Å². The van der Waals surface area contributed by atoms with Gasteiger partial charge in [-0.2, -0.15) is 0 Å². The maximum absolute atomic E-state index is 10.7. The van der Waals surface area contributed by atoms with E-state index in [1.807, 2.05) is 0 Å². The van der Waals surface area contributed by atoms with Crippen molar-refractivity contribution in [2.24, 2.45) is 0 Å². The maximum atomic E-state index is 10.7. The third-order valence-corrected chi connectivity index (χ3v) is 1.22. The number of rotatable bonds is 3. The molecule has 0 atom stereocenters. The van der Waals surface area contributed by atoms with Gasteiger partial charge < -0.3 is 9.47 Å². The van der Waals surface area contributed by atoms with Crippen LogP contribution in [0.25, 0.3) is 0 Å². The van der Waals surface area contributed by atoms with Crippen LogP contribution in [-0.2, 0) is 19.1 Å². The summed E-state index contributed by atoms with van der Waals surface area (Å²) in [6, 6.07) is 0. The first-order chi connectivity index (χ1) is 5.60. The second-order valence-corrected chi connectivity index (χ2v) is 2.27. The van der Waals surface area contributed by atoms with Crippen LogP contribution in [0.4, 0.5) is 0 Å². The number of hydrogen-bond acceptors (Lipinski definition) is 4. The third-order valence-electron chi connectivity index (χ3n) is 1.22. The summed E-state index contributed by atoms with van der Waals surface area (Å²) in [4.78, 5) is 21.3. The highest BCUT2D eigenvalue weighted by Gasteiger charge is 2.03. The van der Waals surface area contributed by atoms with Crippen LogP contribution in [0.15, 0.2) is 11.6 Å². The first-order valence-corrected chi connectivity index (χ1v) is 3.42. The van der Waals surface area contributed by atoms with Crippen LogP contribution in [0.2, 0.25) is 0 Å². The number of carbonyl (C=O) groups is 2. The van der Waals surface area contributed by atoms with Gasteiger partial charge in [-0.1, -0.05) is 5.57 Å². The Morgan fingerprint density at radius 2 is 1.83 bits per heavy atom. The van der Waals surface area contributed by atoms with Crippen molar-refractivity contribution in [1.29, 1.82) is 0 Å². The Morgan fingerprint density at radius 1 is 1.25 bits per heavy atom. The molecule has 0 heterocycles. The molecule has 4 heteroatoms. The van der Waals surface area contributed by atoms with Crippen LogP contribution in [0.1, 0.15) is 13.3 Å². The molecule has 0 aliphatic carbocycles. The van der Waals surface area contributed by atoms with Gasteiger partial charge >= 0.3 is 11.9 Å². The van der Waals surface area contributed by atoms with E-state index in [4.69, 9.17) is 0 Å². The van der Waals surface area contributed by atoms with Gasteiger partial charge in [0.25, 0.3) is 0 Å². The molecule has 0 amide bonds. The predicted octanol–water partition coefficient (Wildman–Crippen LogP) is 0.669. The normalized spacial score (nSPS) is 10.8. The molecule has 0 radical (unpaired) electrons. The summed E-state index contributed by atoms with van der Waals surface area (Å²) in [6.07, 6.45) is 1.38. The topological polar surface area (TPSA) is 52.6 Å². The Morgan fingerprint density at radius 3 is 2.25 bits per heavy atom. The average Bonchev–Trinajstić information content (AvgIpc) is 2.03. The SMILES string of the molecule is COC(=O)/C=C(\C)CC(=O)OC. The molecule has 12 heavy (non-hydrogen) atoms. The first-order valence-electron chi connectivity index (χ1n) is 3.42. The van der Waals surface area contributed by atoms with E-state index in [1.165, 1.54) is 20.3 Å². The van der Waals surface area contributed by atoms with E-state index in [0.29, 0.717) is 5.57 Å². The zero-order chi connectivity index (χ0) is 9.56. The zero-order valence-corrected chi connectivity index (χ0v) is 7.42. The average molecular weight is 172 g/mol. The van der Waals surface area contributed by atoms with Crippen LogP contribution in [-0.4, -0.2) is 26.2 Å². The molecule has 0 aromatic rings. The summed E-state index contributed by atoms with van der Waals surface area (Å²) in [6.45, 7) is 1.66. The Kier molecular flexibility index (Phi) is 4.76. The van der Waals surface area contributed by atoms with Crippen molar-refractivity contribution in [3.05, 3.63) is 11.6 Å². The van der Waals surface area contributed by atoms with Gasteiger partial charge in [-0.25, -0.2) is 4.79 Å². The monoisotopic (exact) mass is 172 g/mol. The van der Waals surface area contributed by atoms with E-state index in [-0.39, 0.29) is 12.4 Å². The summed E-state index contributed by atoms with van der Waals surface area (Å²) < 4.78 is 8.77. The Balaban J connectivity index is 4.02. The quantitative estimate of drug-likeness (QED) is 0.463.